The Kier molecular flexibility index (Phi) is 4.09. The van der Waals surface area contributed by atoms with E-state index in [1.54, 1.807) is 6.20 Å². The first-order valence-corrected chi connectivity index (χ1v) is 8.62. The molecule has 4 rings (SSSR count). The van der Waals surface area contributed by atoms with Gasteiger partial charge in [-0.25, -0.2) is 4.68 Å². The summed E-state index contributed by atoms with van der Waals surface area (Å²) < 4.78 is 1.86. The molecular formula is C19H20N4O2. The highest BCUT2D eigenvalue weighted by Crippen LogP contribution is 2.33. The van der Waals surface area contributed by atoms with E-state index in [1.807, 2.05) is 35.0 Å². The first-order chi connectivity index (χ1) is 12.2. The number of carbonyl (C=O) groups is 2. The maximum Gasteiger partial charge on any atom is 0.229 e. The molecular weight excluding hydrogens is 316 g/mol. The van der Waals surface area contributed by atoms with Crippen LogP contribution >= 0.6 is 0 Å². The number of ketones is 1. The van der Waals surface area contributed by atoms with Gasteiger partial charge in [-0.15, -0.1) is 0 Å². The smallest absolute Gasteiger partial charge is 0.229 e. The Hall–Kier alpha value is -2.89. The van der Waals surface area contributed by atoms with Crippen LogP contribution < -0.4 is 10.6 Å². The summed E-state index contributed by atoms with van der Waals surface area (Å²) in [5, 5.41) is 10.4. The summed E-state index contributed by atoms with van der Waals surface area (Å²) in [5.74, 6) is 0.737. The Bertz CT molecular complexity index is 852. The molecule has 0 radical (unpaired) electrons. The fourth-order valence-electron chi connectivity index (χ4n) is 3.50. The van der Waals surface area contributed by atoms with Gasteiger partial charge >= 0.3 is 0 Å². The molecule has 6 nitrogen and oxygen atoms in total. The number of aromatic nitrogens is 2. The van der Waals surface area contributed by atoms with Crippen molar-refractivity contribution in [3.63, 3.8) is 0 Å². The largest absolute Gasteiger partial charge is 0.368 e. The molecule has 1 aromatic carbocycles. The predicted octanol–water partition coefficient (Wildman–Crippen LogP) is 2.84. The molecule has 2 heterocycles. The molecule has 0 unspecified atom stereocenters. The lowest BCUT2D eigenvalue weighted by Gasteiger charge is -2.17. The second-order valence-electron chi connectivity index (χ2n) is 6.38. The van der Waals surface area contributed by atoms with Crippen molar-refractivity contribution in [2.24, 2.45) is 0 Å². The van der Waals surface area contributed by atoms with Gasteiger partial charge in [0.15, 0.2) is 5.78 Å². The van der Waals surface area contributed by atoms with Gasteiger partial charge in [-0.2, -0.15) is 5.10 Å². The normalized spacial score (nSPS) is 16.6. The van der Waals surface area contributed by atoms with Crippen LogP contribution in [0.2, 0.25) is 0 Å². The van der Waals surface area contributed by atoms with Crippen LogP contribution in [0.3, 0.4) is 0 Å². The van der Waals surface area contributed by atoms with Crippen LogP contribution in [0.5, 0.6) is 0 Å². The minimum Gasteiger partial charge on any atom is -0.368 e. The molecule has 0 fully saturated rings. The Labute approximate surface area is 145 Å². The van der Waals surface area contributed by atoms with E-state index in [-0.39, 0.29) is 18.1 Å². The zero-order valence-corrected chi connectivity index (χ0v) is 13.9. The van der Waals surface area contributed by atoms with Gasteiger partial charge in [0.05, 0.1) is 12.6 Å². The summed E-state index contributed by atoms with van der Waals surface area (Å²) in [5.41, 5.74) is 3.34. The molecule has 1 amide bonds. The van der Waals surface area contributed by atoms with E-state index in [0.29, 0.717) is 24.1 Å². The summed E-state index contributed by atoms with van der Waals surface area (Å²) in [6.45, 7) is 1.72. The number of nitrogens with zero attached hydrogens (tertiary/aromatic N) is 2. The molecule has 0 atom stereocenters. The molecule has 0 bridgehead atoms. The Balaban J connectivity index is 1.53. The maximum absolute atomic E-state index is 12.5. The zero-order chi connectivity index (χ0) is 17.2. The number of amides is 1. The number of nitrogens with one attached hydrogen (secondary N) is 2. The lowest BCUT2D eigenvalue weighted by Crippen LogP contribution is -2.20. The number of anilines is 2. The van der Waals surface area contributed by atoms with Gasteiger partial charge in [-0.05, 0) is 24.0 Å². The van der Waals surface area contributed by atoms with Crippen molar-refractivity contribution >= 4 is 28.8 Å². The van der Waals surface area contributed by atoms with E-state index in [1.165, 1.54) is 0 Å². The van der Waals surface area contributed by atoms with Crippen molar-refractivity contribution in [2.75, 3.05) is 17.2 Å². The summed E-state index contributed by atoms with van der Waals surface area (Å²) >= 11 is 0. The molecule has 1 aliphatic heterocycles. The Morgan fingerprint density at radius 1 is 1.24 bits per heavy atom. The quantitative estimate of drug-likeness (QED) is 0.900. The van der Waals surface area contributed by atoms with Crippen LogP contribution in [-0.2, 0) is 16.1 Å². The van der Waals surface area contributed by atoms with Crippen LogP contribution in [0, 0.1) is 0 Å². The Morgan fingerprint density at radius 2 is 2.08 bits per heavy atom. The molecule has 1 aromatic heterocycles. The third-order valence-electron chi connectivity index (χ3n) is 4.72. The highest BCUT2D eigenvalue weighted by Gasteiger charge is 2.26. The molecule has 128 valence electrons. The summed E-state index contributed by atoms with van der Waals surface area (Å²) in [6.07, 6.45) is 3.97. The fourth-order valence-corrected chi connectivity index (χ4v) is 3.50. The monoisotopic (exact) mass is 336 g/mol. The minimum absolute atomic E-state index is 0.0733. The standard InChI is InChI=1S/C19H20N4O2/c24-17-8-7-14(13-5-2-1-3-6-13)15(17)11-18(25)22-16-12-21-23-10-4-9-20-19(16)23/h1-3,5-6,12,20H,4,7-11H2,(H,22,25). The first-order valence-electron chi connectivity index (χ1n) is 8.62. The van der Waals surface area contributed by atoms with Crippen LogP contribution in [0.1, 0.15) is 31.2 Å². The van der Waals surface area contributed by atoms with Crippen molar-refractivity contribution in [3.8, 4) is 0 Å². The highest BCUT2D eigenvalue weighted by atomic mass is 16.2. The Morgan fingerprint density at radius 3 is 2.92 bits per heavy atom. The molecule has 0 saturated heterocycles. The SMILES string of the molecule is O=C(CC1=C(c2ccccc2)CCC1=O)Nc1cnn2c1NCCC2. The van der Waals surface area contributed by atoms with Crippen LogP contribution in [0.15, 0.2) is 42.1 Å². The number of aryl methyl sites for hydroxylation is 1. The van der Waals surface area contributed by atoms with Gasteiger partial charge in [-0.1, -0.05) is 30.3 Å². The van der Waals surface area contributed by atoms with Gasteiger partial charge in [0.2, 0.25) is 5.91 Å². The van der Waals surface area contributed by atoms with E-state index in [9.17, 15) is 9.59 Å². The molecule has 2 N–H and O–H groups in total. The molecule has 25 heavy (non-hydrogen) atoms. The lowest BCUT2D eigenvalue weighted by atomic mass is 10.00. The minimum atomic E-state index is -0.179. The van der Waals surface area contributed by atoms with Gasteiger partial charge in [0.1, 0.15) is 11.5 Å². The van der Waals surface area contributed by atoms with Crippen LogP contribution in [0.4, 0.5) is 11.5 Å². The average Bonchev–Trinajstić information content (AvgIpc) is 3.20. The topological polar surface area (TPSA) is 76.0 Å². The number of benzene rings is 1. The number of fused-ring (bicyclic) bond motifs is 1. The fraction of sp³-hybridized carbons (Fsp3) is 0.316. The zero-order valence-electron chi connectivity index (χ0n) is 13.9. The van der Waals surface area contributed by atoms with Crippen LogP contribution in [0.25, 0.3) is 5.57 Å². The van der Waals surface area contributed by atoms with Crippen molar-refractivity contribution < 1.29 is 9.59 Å². The summed E-state index contributed by atoms with van der Waals surface area (Å²) in [6, 6.07) is 9.83. The third kappa shape index (κ3) is 3.07. The molecule has 1 aliphatic carbocycles. The van der Waals surface area contributed by atoms with Gasteiger partial charge in [-0.3, -0.25) is 9.59 Å². The molecule has 2 aromatic rings. The molecule has 6 heteroatoms. The van der Waals surface area contributed by atoms with E-state index in [2.05, 4.69) is 15.7 Å². The van der Waals surface area contributed by atoms with Crippen molar-refractivity contribution in [1.82, 2.24) is 9.78 Å². The van der Waals surface area contributed by atoms with E-state index < -0.39 is 0 Å². The predicted molar refractivity (Wildman–Crippen MR) is 96.2 cm³/mol. The van der Waals surface area contributed by atoms with Crippen molar-refractivity contribution in [2.45, 2.75) is 32.2 Å². The summed E-state index contributed by atoms with van der Waals surface area (Å²) in [7, 11) is 0. The molecule has 0 spiro atoms. The van der Waals surface area contributed by atoms with Gasteiger partial charge in [0.25, 0.3) is 0 Å². The van der Waals surface area contributed by atoms with E-state index in [0.717, 1.165) is 36.5 Å². The number of carbonyl (C=O) groups excluding carboxylic acids is 2. The molecule has 2 aliphatic rings. The van der Waals surface area contributed by atoms with Crippen LogP contribution in [-0.4, -0.2) is 28.0 Å². The molecule has 0 saturated carbocycles. The second-order valence-corrected chi connectivity index (χ2v) is 6.38. The first kappa shape index (κ1) is 15.6. The number of hydrogen-bond donors (Lipinski definition) is 2. The summed E-state index contributed by atoms with van der Waals surface area (Å²) in [4.78, 5) is 24.8. The van der Waals surface area contributed by atoms with Gasteiger partial charge in [0, 0.05) is 25.1 Å². The van der Waals surface area contributed by atoms with Gasteiger partial charge < -0.3 is 10.6 Å². The third-order valence-corrected chi connectivity index (χ3v) is 4.72. The second kappa shape index (κ2) is 6.55. The van der Waals surface area contributed by atoms with Crippen molar-refractivity contribution in [3.05, 3.63) is 47.7 Å². The van der Waals surface area contributed by atoms with E-state index in [4.69, 9.17) is 0 Å². The maximum atomic E-state index is 12.5. The van der Waals surface area contributed by atoms with E-state index >= 15 is 0 Å². The number of hydrogen-bond acceptors (Lipinski definition) is 4. The number of allylic oxidation sites excluding steroid dienone is 1. The highest BCUT2D eigenvalue weighted by molar-refractivity contribution is 6.11. The van der Waals surface area contributed by atoms with Crippen molar-refractivity contribution in [1.29, 1.82) is 0 Å². The lowest BCUT2D eigenvalue weighted by molar-refractivity contribution is -0.119. The average molecular weight is 336 g/mol. The number of Topliss-reactive ketones (excluding diaryl/α,β-unsaturated/α-hetero) is 1. The number of rotatable bonds is 4.